The number of hydrogen-bond acceptors (Lipinski definition) is 2. The quantitative estimate of drug-likeness (QED) is 0.447. The highest BCUT2D eigenvalue weighted by Crippen LogP contribution is 2.18. The molecule has 0 radical (unpaired) electrons. The first-order valence-corrected chi connectivity index (χ1v) is 9.67. The first-order valence-electron chi connectivity index (χ1n) is 9.67. The second kappa shape index (κ2) is 12.5. The fourth-order valence-corrected chi connectivity index (χ4v) is 2.82. The average molecular weight is 347 g/mol. The summed E-state index contributed by atoms with van der Waals surface area (Å²) in [5, 5.41) is 11.9. The first kappa shape index (κ1) is 21.2. The lowest BCUT2D eigenvalue weighted by Gasteiger charge is -2.09. The molecule has 1 aromatic carbocycles. The third kappa shape index (κ3) is 9.28. The van der Waals surface area contributed by atoms with Gasteiger partial charge in [-0.25, -0.2) is 0 Å². The van der Waals surface area contributed by atoms with Gasteiger partial charge in [0.05, 0.1) is 5.92 Å². The van der Waals surface area contributed by atoms with E-state index in [0.717, 1.165) is 24.1 Å². The van der Waals surface area contributed by atoms with Crippen molar-refractivity contribution in [3.63, 3.8) is 0 Å². The number of nitrogens with one attached hydrogen (secondary N) is 1. The van der Waals surface area contributed by atoms with E-state index in [1.807, 2.05) is 0 Å². The second-order valence-corrected chi connectivity index (χ2v) is 6.81. The van der Waals surface area contributed by atoms with E-state index in [-0.39, 0.29) is 5.91 Å². The van der Waals surface area contributed by atoms with Crippen LogP contribution < -0.4 is 5.32 Å². The summed E-state index contributed by atoms with van der Waals surface area (Å²) < 4.78 is 0. The number of amides is 1. The van der Waals surface area contributed by atoms with Gasteiger partial charge in [-0.3, -0.25) is 9.59 Å². The molecule has 0 aliphatic carbocycles. The van der Waals surface area contributed by atoms with Gasteiger partial charge in [-0.05, 0) is 31.0 Å². The van der Waals surface area contributed by atoms with Crippen LogP contribution in [0.3, 0.4) is 0 Å². The minimum absolute atomic E-state index is 0.0296. The molecule has 1 rings (SSSR count). The Morgan fingerprint density at radius 3 is 1.96 bits per heavy atom. The van der Waals surface area contributed by atoms with E-state index in [0.29, 0.717) is 6.42 Å². The van der Waals surface area contributed by atoms with Gasteiger partial charge < -0.3 is 10.4 Å². The Morgan fingerprint density at radius 2 is 1.44 bits per heavy atom. The van der Waals surface area contributed by atoms with Crippen LogP contribution in [0.4, 0.5) is 5.69 Å². The Hall–Kier alpha value is -1.84. The van der Waals surface area contributed by atoms with Gasteiger partial charge in [0.25, 0.3) is 0 Å². The van der Waals surface area contributed by atoms with Crippen LogP contribution >= 0.6 is 0 Å². The first-order chi connectivity index (χ1) is 12.0. The summed E-state index contributed by atoms with van der Waals surface area (Å²) in [4.78, 5) is 22.9. The second-order valence-electron chi connectivity index (χ2n) is 6.81. The molecular weight excluding hydrogens is 314 g/mol. The molecule has 140 valence electrons. The van der Waals surface area contributed by atoms with Crippen molar-refractivity contribution in [2.45, 2.75) is 84.0 Å². The Balaban J connectivity index is 2.15. The number of carboxylic acid groups (broad SMARTS) is 1. The molecule has 1 aromatic rings. The summed E-state index contributed by atoms with van der Waals surface area (Å²) in [6.45, 7) is 3.88. The molecule has 4 nitrogen and oxygen atoms in total. The molecule has 2 N–H and O–H groups in total. The molecule has 0 bridgehead atoms. The molecule has 0 aliphatic rings. The maximum absolute atomic E-state index is 11.9. The van der Waals surface area contributed by atoms with E-state index in [9.17, 15) is 9.59 Å². The molecular formula is C21H33NO3. The van der Waals surface area contributed by atoms with Gasteiger partial charge in [0.2, 0.25) is 5.91 Å². The molecule has 1 amide bonds. The van der Waals surface area contributed by atoms with Crippen molar-refractivity contribution in [1.29, 1.82) is 0 Å². The van der Waals surface area contributed by atoms with Crippen molar-refractivity contribution < 1.29 is 14.7 Å². The Morgan fingerprint density at radius 1 is 0.920 bits per heavy atom. The molecule has 0 spiro atoms. The Bertz CT molecular complexity index is 510. The Kier molecular flexibility index (Phi) is 10.6. The largest absolute Gasteiger partial charge is 0.481 e. The zero-order valence-electron chi connectivity index (χ0n) is 15.7. The number of unbranched alkanes of at least 4 members (excludes halogenated alkanes) is 8. The molecule has 1 atom stereocenters. The highest BCUT2D eigenvalue weighted by molar-refractivity contribution is 5.90. The third-order valence-electron chi connectivity index (χ3n) is 4.57. The maximum atomic E-state index is 11.9. The minimum atomic E-state index is -0.845. The van der Waals surface area contributed by atoms with Gasteiger partial charge in [0.15, 0.2) is 0 Å². The van der Waals surface area contributed by atoms with E-state index in [4.69, 9.17) is 5.11 Å². The van der Waals surface area contributed by atoms with Gasteiger partial charge in [-0.15, -0.1) is 0 Å². The van der Waals surface area contributed by atoms with E-state index in [2.05, 4.69) is 12.2 Å². The minimum Gasteiger partial charge on any atom is -0.481 e. The van der Waals surface area contributed by atoms with Crippen LogP contribution in [0.15, 0.2) is 24.3 Å². The third-order valence-corrected chi connectivity index (χ3v) is 4.57. The number of hydrogen-bond donors (Lipinski definition) is 2. The average Bonchev–Trinajstić information content (AvgIpc) is 2.60. The molecule has 0 saturated carbocycles. The van der Waals surface area contributed by atoms with Crippen LogP contribution in [0.5, 0.6) is 0 Å². The number of rotatable bonds is 13. The van der Waals surface area contributed by atoms with Gasteiger partial charge >= 0.3 is 5.97 Å². The number of carbonyl (C=O) groups is 2. The van der Waals surface area contributed by atoms with Crippen LogP contribution in [0.2, 0.25) is 0 Å². The predicted molar refractivity (Wildman–Crippen MR) is 103 cm³/mol. The molecule has 0 aliphatic heterocycles. The Labute approximate surface area is 152 Å². The molecule has 0 fully saturated rings. The molecule has 4 heteroatoms. The lowest BCUT2D eigenvalue weighted by molar-refractivity contribution is -0.138. The van der Waals surface area contributed by atoms with Crippen molar-refractivity contribution in [2.24, 2.45) is 0 Å². The molecule has 0 aromatic heterocycles. The fourth-order valence-electron chi connectivity index (χ4n) is 2.82. The van der Waals surface area contributed by atoms with Crippen molar-refractivity contribution in [3.8, 4) is 0 Å². The fraction of sp³-hybridized carbons (Fsp3) is 0.619. The van der Waals surface area contributed by atoms with Crippen LogP contribution in [0.25, 0.3) is 0 Å². The van der Waals surface area contributed by atoms with E-state index in [1.54, 1.807) is 31.2 Å². The van der Waals surface area contributed by atoms with Crippen LogP contribution in [0, 0.1) is 0 Å². The topological polar surface area (TPSA) is 66.4 Å². The lowest BCUT2D eigenvalue weighted by Crippen LogP contribution is -2.11. The van der Waals surface area contributed by atoms with Crippen molar-refractivity contribution >= 4 is 17.6 Å². The van der Waals surface area contributed by atoms with Crippen molar-refractivity contribution in [3.05, 3.63) is 29.8 Å². The van der Waals surface area contributed by atoms with Gasteiger partial charge in [-0.1, -0.05) is 70.4 Å². The molecule has 0 saturated heterocycles. The van der Waals surface area contributed by atoms with Gasteiger partial charge in [0.1, 0.15) is 0 Å². The molecule has 25 heavy (non-hydrogen) atoms. The number of carbonyl (C=O) groups excluding carboxylic acids is 1. The van der Waals surface area contributed by atoms with E-state index >= 15 is 0 Å². The summed E-state index contributed by atoms with van der Waals surface area (Å²) in [7, 11) is 0. The predicted octanol–water partition coefficient (Wildman–Crippen LogP) is 5.73. The zero-order chi connectivity index (χ0) is 18.5. The van der Waals surface area contributed by atoms with E-state index in [1.165, 1.54) is 44.9 Å². The zero-order valence-corrected chi connectivity index (χ0v) is 15.7. The summed E-state index contributed by atoms with van der Waals surface area (Å²) in [6, 6.07) is 7.05. The number of anilines is 1. The smallest absolute Gasteiger partial charge is 0.310 e. The lowest BCUT2D eigenvalue weighted by atomic mass is 10.0. The van der Waals surface area contributed by atoms with Crippen LogP contribution in [0.1, 0.15) is 89.5 Å². The summed E-state index contributed by atoms with van der Waals surface area (Å²) >= 11 is 0. The number of carboxylic acids is 1. The standard InChI is InChI=1S/C21H33NO3/c1-3-4-5-6-7-8-9-10-11-12-20(23)22-19-15-13-18(14-16-19)17(2)21(24)25/h13-17H,3-12H2,1-2H3,(H,22,23)(H,24,25). The molecule has 1 unspecified atom stereocenters. The highest BCUT2D eigenvalue weighted by Gasteiger charge is 2.13. The van der Waals surface area contributed by atoms with Crippen LogP contribution in [-0.2, 0) is 9.59 Å². The molecule has 0 heterocycles. The summed E-state index contributed by atoms with van der Waals surface area (Å²) in [5.74, 6) is -1.35. The monoisotopic (exact) mass is 347 g/mol. The van der Waals surface area contributed by atoms with Crippen molar-refractivity contribution in [2.75, 3.05) is 5.32 Å². The van der Waals surface area contributed by atoms with Gasteiger partial charge in [0, 0.05) is 12.1 Å². The van der Waals surface area contributed by atoms with Crippen LogP contribution in [-0.4, -0.2) is 17.0 Å². The van der Waals surface area contributed by atoms with Crippen molar-refractivity contribution in [1.82, 2.24) is 0 Å². The van der Waals surface area contributed by atoms with Gasteiger partial charge in [-0.2, -0.15) is 0 Å². The number of aliphatic carboxylic acids is 1. The highest BCUT2D eigenvalue weighted by atomic mass is 16.4. The summed E-state index contributed by atoms with van der Waals surface area (Å²) in [6.07, 6.45) is 11.7. The summed E-state index contributed by atoms with van der Waals surface area (Å²) in [5.41, 5.74) is 1.46. The maximum Gasteiger partial charge on any atom is 0.310 e. The normalized spacial score (nSPS) is 11.9. The number of benzene rings is 1. The van der Waals surface area contributed by atoms with E-state index < -0.39 is 11.9 Å². The SMILES string of the molecule is CCCCCCCCCCCC(=O)Nc1ccc(C(C)C(=O)O)cc1.